The van der Waals surface area contributed by atoms with Gasteiger partial charge in [0.1, 0.15) is 11.8 Å². The summed E-state index contributed by atoms with van der Waals surface area (Å²) in [5, 5.41) is 0. The largest absolute Gasteiger partial charge is 0.496 e. The second kappa shape index (κ2) is 8.37. The molecular weight excluding hydrogens is 356 g/mol. The summed E-state index contributed by atoms with van der Waals surface area (Å²) in [6.45, 7) is 9.06. The Labute approximate surface area is 155 Å². The third-order valence-electron chi connectivity index (χ3n) is 4.52. The zero-order chi connectivity index (χ0) is 19.5. The minimum absolute atomic E-state index is 0.163. The topological polar surface area (TPSA) is 84.9 Å². The molecule has 1 aromatic carbocycles. The molecule has 1 amide bonds. The maximum absolute atomic E-state index is 13.0. The first kappa shape index (κ1) is 20.7. The van der Waals surface area contributed by atoms with Crippen molar-refractivity contribution < 1.29 is 22.7 Å². The summed E-state index contributed by atoms with van der Waals surface area (Å²) < 4.78 is 39.0. The van der Waals surface area contributed by atoms with Gasteiger partial charge in [-0.1, -0.05) is 13.8 Å². The highest BCUT2D eigenvalue weighted by Gasteiger charge is 2.33. The van der Waals surface area contributed by atoms with Crippen molar-refractivity contribution in [1.82, 2.24) is 9.62 Å². The number of nitrogens with one attached hydrogen (secondary N) is 1. The highest BCUT2D eigenvalue weighted by atomic mass is 32.2. The molecule has 1 aromatic rings. The van der Waals surface area contributed by atoms with Crippen LogP contribution in [0.25, 0.3) is 0 Å². The van der Waals surface area contributed by atoms with Crippen molar-refractivity contribution in [2.45, 2.75) is 38.6 Å². The number of nitrogens with zero attached hydrogens (tertiary/aromatic N) is 1. The standard InChI is InChI=1S/C18H28N2O5S/c1-12(2)17(18(21)20-6-8-25-9-7-20)19-26(22,23)16-11-13(3)15(24-5)10-14(16)4/h10-12,17,19H,6-9H2,1-5H3/t17-/m0/s1. The molecule has 0 bridgehead atoms. The first-order valence-corrected chi connectivity index (χ1v) is 10.2. The average Bonchev–Trinajstić information content (AvgIpc) is 2.61. The molecular formula is C18H28N2O5S. The zero-order valence-electron chi connectivity index (χ0n) is 16.0. The Morgan fingerprint density at radius 2 is 1.81 bits per heavy atom. The van der Waals surface area contributed by atoms with Crippen LogP contribution in [0.4, 0.5) is 0 Å². The smallest absolute Gasteiger partial charge is 0.241 e. The molecule has 1 aliphatic rings. The molecule has 146 valence electrons. The number of benzene rings is 1. The van der Waals surface area contributed by atoms with E-state index in [2.05, 4.69) is 4.72 Å². The molecule has 1 saturated heterocycles. The third kappa shape index (κ3) is 4.55. The monoisotopic (exact) mass is 384 g/mol. The van der Waals surface area contributed by atoms with Gasteiger partial charge in [-0.05, 0) is 43.0 Å². The second-order valence-electron chi connectivity index (χ2n) is 6.87. The van der Waals surface area contributed by atoms with E-state index in [0.717, 1.165) is 5.56 Å². The first-order valence-electron chi connectivity index (χ1n) is 8.71. The molecule has 26 heavy (non-hydrogen) atoms. The Kier molecular flexibility index (Phi) is 6.65. The van der Waals surface area contributed by atoms with Crippen LogP contribution in [-0.2, 0) is 19.6 Å². The molecule has 1 atom stereocenters. The quantitative estimate of drug-likeness (QED) is 0.803. The molecule has 8 heteroatoms. The van der Waals surface area contributed by atoms with Crippen molar-refractivity contribution >= 4 is 15.9 Å². The van der Waals surface area contributed by atoms with Crippen molar-refractivity contribution in [3.05, 3.63) is 23.3 Å². The fraction of sp³-hybridized carbons (Fsp3) is 0.611. The molecule has 0 aromatic heterocycles. The van der Waals surface area contributed by atoms with Crippen molar-refractivity contribution in [2.24, 2.45) is 5.92 Å². The van der Waals surface area contributed by atoms with E-state index in [9.17, 15) is 13.2 Å². The van der Waals surface area contributed by atoms with Crippen LogP contribution in [0.2, 0.25) is 0 Å². The van der Waals surface area contributed by atoms with Gasteiger partial charge in [0.15, 0.2) is 0 Å². The molecule has 1 aliphatic heterocycles. The molecule has 0 saturated carbocycles. The van der Waals surface area contributed by atoms with Gasteiger partial charge >= 0.3 is 0 Å². The predicted molar refractivity (Wildman–Crippen MR) is 98.8 cm³/mol. The van der Waals surface area contributed by atoms with Crippen LogP contribution >= 0.6 is 0 Å². The van der Waals surface area contributed by atoms with Gasteiger partial charge < -0.3 is 14.4 Å². The van der Waals surface area contributed by atoms with Crippen LogP contribution < -0.4 is 9.46 Å². The van der Waals surface area contributed by atoms with E-state index in [1.165, 1.54) is 0 Å². The van der Waals surface area contributed by atoms with E-state index in [0.29, 0.717) is 37.6 Å². The normalized spacial score (nSPS) is 16.6. The number of morpholine rings is 1. The van der Waals surface area contributed by atoms with E-state index in [1.54, 1.807) is 38.0 Å². The fourth-order valence-electron chi connectivity index (χ4n) is 2.96. The lowest BCUT2D eigenvalue weighted by molar-refractivity contribution is -0.138. The number of sulfonamides is 1. The molecule has 1 N–H and O–H groups in total. The number of hydrogen-bond acceptors (Lipinski definition) is 5. The van der Waals surface area contributed by atoms with Gasteiger partial charge in [0.2, 0.25) is 15.9 Å². The highest BCUT2D eigenvalue weighted by Crippen LogP contribution is 2.26. The summed E-state index contributed by atoms with van der Waals surface area (Å²) in [4.78, 5) is 14.6. The number of aryl methyl sites for hydroxylation is 2. The zero-order valence-corrected chi connectivity index (χ0v) is 16.9. The molecule has 0 radical (unpaired) electrons. The predicted octanol–water partition coefficient (Wildman–Crippen LogP) is 1.47. The molecule has 0 aliphatic carbocycles. The van der Waals surface area contributed by atoms with Crippen molar-refractivity contribution in [2.75, 3.05) is 33.4 Å². The Balaban J connectivity index is 2.29. The summed E-state index contributed by atoms with van der Waals surface area (Å²) in [7, 11) is -2.31. The summed E-state index contributed by atoms with van der Waals surface area (Å²) in [5.74, 6) is 0.237. The molecule has 7 nitrogen and oxygen atoms in total. The van der Waals surface area contributed by atoms with Crippen LogP contribution in [0.5, 0.6) is 5.75 Å². The molecule has 0 spiro atoms. The van der Waals surface area contributed by atoms with E-state index >= 15 is 0 Å². The van der Waals surface area contributed by atoms with Gasteiger partial charge in [0, 0.05) is 13.1 Å². The van der Waals surface area contributed by atoms with E-state index in [1.807, 2.05) is 13.8 Å². The number of rotatable bonds is 6. The van der Waals surface area contributed by atoms with Crippen LogP contribution in [-0.4, -0.2) is 58.7 Å². The molecule has 1 heterocycles. The van der Waals surface area contributed by atoms with Crippen LogP contribution in [0.1, 0.15) is 25.0 Å². The lowest BCUT2D eigenvalue weighted by Crippen LogP contribution is -2.53. The van der Waals surface area contributed by atoms with E-state index in [-0.39, 0.29) is 16.7 Å². The first-order chi connectivity index (χ1) is 12.2. The highest BCUT2D eigenvalue weighted by molar-refractivity contribution is 7.89. The molecule has 1 fully saturated rings. The minimum atomic E-state index is -3.85. The number of ether oxygens (including phenoxy) is 2. The molecule has 2 rings (SSSR count). The van der Waals surface area contributed by atoms with Crippen LogP contribution in [0.3, 0.4) is 0 Å². The summed E-state index contributed by atoms with van der Waals surface area (Å²) >= 11 is 0. The summed E-state index contributed by atoms with van der Waals surface area (Å²) in [5.41, 5.74) is 1.29. The number of amides is 1. The van der Waals surface area contributed by atoms with Gasteiger partial charge in [-0.25, -0.2) is 8.42 Å². The van der Waals surface area contributed by atoms with Gasteiger partial charge in [-0.15, -0.1) is 0 Å². The van der Waals surface area contributed by atoms with E-state index < -0.39 is 16.1 Å². The summed E-state index contributed by atoms with van der Waals surface area (Å²) in [6.07, 6.45) is 0. The van der Waals surface area contributed by atoms with Crippen molar-refractivity contribution in [3.8, 4) is 5.75 Å². The number of hydrogen-bond donors (Lipinski definition) is 1. The average molecular weight is 384 g/mol. The second-order valence-corrected chi connectivity index (χ2v) is 8.55. The van der Waals surface area contributed by atoms with Crippen molar-refractivity contribution in [1.29, 1.82) is 0 Å². The maximum Gasteiger partial charge on any atom is 0.241 e. The van der Waals surface area contributed by atoms with Gasteiger partial charge in [-0.3, -0.25) is 4.79 Å². The number of methoxy groups -OCH3 is 1. The Bertz CT molecular complexity index is 755. The maximum atomic E-state index is 13.0. The lowest BCUT2D eigenvalue weighted by Gasteiger charge is -2.32. The Morgan fingerprint density at radius 1 is 1.19 bits per heavy atom. The summed E-state index contributed by atoms with van der Waals surface area (Å²) in [6, 6.07) is 2.45. The SMILES string of the molecule is COc1cc(C)c(S(=O)(=O)N[C@H](C(=O)N2CCOCC2)C(C)C)cc1C. The third-order valence-corrected chi connectivity index (χ3v) is 6.10. The minimum Gasteiger partial charge on any atom is -0.496 e. The van der Waals surface area contributed by atoms with Crippen LogP contribution in [0, 0.1) is 19.8 Å². The fourth-order valence-corrected chi connectivity index (χ4v) is 4.60. The number of carbonyl (C=O) groups excluding carboxylic acids is 1. The molecule has 0 unspecified atom stereocenters. The van der Waals surface area contributed by atoms with Crippen LogP contribution in [0.15, 0.2) is 17.0 Å². The van der Waals surface area contributed by atoms with Gasteiger partial charge in [0.05, 0.1) is 25.2 Å². The van der Waals surface area contributed by atoms with Crippen molar-refractivity contribution in [3.63, 3.8) is 0 Å². The lowest BCUT2D eigenvalue weighted by atomic mass is 10.0. The van der Waals surface area contributed by atoms with Gasteiger partial charge in [0.25, 0.3) is 0 Å². The number of carbonyl (C=O) groups is 1. The van der Waals surface area contributed by atoms with E-state index in [4.69, 9.17) is 9.47 Å². The Hall–Kier alpha value is -1.64. The van der Waals surface area contributed by atoms with Gasteiger partial charge in [-0.2, -0.15) is 4.72 Å². The Morgan fingerprint density at radius 3 is 2.35 bits per heavy atom.